The van der Waals surface area contributed by atoms with Crippen LogP contribution in [0.5, 0.6) is 11.5 Å². The minimum Gasteiger partial charge on any atom is -0.493 e. The number of hydrogen-bond donors (Lipinski definition) is 0. The molecule has 1 atom stereocenters. The normalized spacial score (nSPS) is 12.4. The summed E-state index contributed by atoms with van der Waals surface area (Å²) in [5.41, 5.74) is 1.56. The Balaban J connectivity index is 2.29. The van der Waals surface area contributed by atoms with Crippen LogP contribution in [0.1, 0.15) is 25.8 Å². The number of aliphatic imine (C=N–C) groups is 1. The summed E-state index contributed by atoms with van der Waals surface area (Å²) in [5, 5.41) is 1.10. The summed E-state index contributed by atoms with van der Waals surface area (Å²) in [4.78, 5) is 4.42. The van der Waals surface area contributed by atoms with Crippen LogP contribution in [0.4, 0.5) is 5.69 Å². The van der Waals surface area contributed by atoms with Crippen molar-refractivity contribution in [3.8, 4) is 11.5 Å². The van der Waals surface area contributed by atoms with Crippen molar-refractivity contribution in [1.82, 2.24) is 0 Å². The molecule has 0 amide bonds. The first-order chi connectivity index (χ1) is 11.4. The lowest BCUT2D eigenvalue weighted by Crippen LogP contribution is -2.11. The quantitative estimate of drug-likeness (QED) is 0.477. The molecule has 0 heterocycles. The Morgan fingerprint density at radius 3 is 2.58 bits per heavy atom. The van der Waals surface area contributed by atoms with E-state index in [4.69, 9.17) is 32.7 Å². The van der Waals surface area contributed by atoms with Crippen LogP contribution in [-0.4, -0.2) is 19.4 Å². The molecule has 0 spiro atoms. The molecular formula is C18H18BrCl2NO2. The van der Waals surface area contributed by atoms with Gasteiger partial charge in [0.25, 0.3) is 0 Å². The number of benzene rings is 2. The van der Waals surface area contributed by atoms with E-state index in [0.717, 1.165) is 22.1 Å². The molecule has 0 bridgehead atoms. The SMILES string of the molecule is CC[C@H](C)Oc1c(Cl)cc(C=Nc2ccc(Br)c(Cl)c2)cc1OC. The molecule has 2 aromatic carbocycles. The van der Waals surface area contributed by atoms with Gasteiger partial charge < -0.3 is 9.47 Å². The fourth-order valence-corrected chi connectivity index (χ4v) is 2.61. The van der Waals surface area contributed by atoms with Gasteiger partial charge in [-0.3, -0.25) is 4.99 Å². The standard InChI is InChI=1S/C18H18BrCl2NO2/c1-4-11(2)24-18-16(21)7-12(8-17(18)23-3)10-22-13-5-6-14(19)15(20)9-13/h5-11H,4H2,1-3H3/t11-/m0/s1. The monoisotopic (exact) mass is 429 g/mol. The van der Waals surface area contributed by atoms with E-state index in [-0.39, 0.29) is 6.10 Å². The second-order valence-corrected chi connectivity index (χ2v) is 6.90. The molecule has 6 heteroatoms. The van der Waals surface area contributed by atoms with Crippen molar-refractivity contribution in [1.29, 1.82) is 0 Å². The fraction of sp³-hybridized carbons (Fsp3) is 0.278. The fourth-order valence-electron chi connectivity index (χ4n) is 1.93. The highest BCUT2D eigenvalue weighted by molar-refractivity contribution is 9.10. The lowest BCUT2D eigenvalue weighted by Gasteiger charge is -2.17. The summed E-state index contributed by atoms with van der Waals surface area (Å²) >= 11 is 15.8. The average Bonchev–Trinajstić information content (AvgIpc) is 2.57. The predicted octanol–water partition coefficient (Wildman–Crippen LogP) is 6.69. The van der Waals surface area contributed by atoms with Crippen LogP contribution in [0, 0.1) is 0 Å². The van der Waals surface area contributed by atoms with Crippen LogP contribution in [-0.2, 0) is 0 Å². The molecule has 0 aliphatic heterocycles. The Bertz CT molecular complexity index is 750. The van der Waals surface area contributed by atoms with E-state index >= 15 is 0 Å². The summed E-state index contributed by atoms with van der Waals surface area (Å²) in [6.45, 7) is 4.04. The molecule has 3 nitrogen and oxygen atoms in total. The maximum atomic E-state index is 6.35. The number of rotatable bonds is 6. The number of methoxy groups -OCH3 is 1. The first kappa shape index (κ1) is 19.1. The zero-order valence-corrected chi connectivity index (χ0v) is 16.7. The largest absolute Gasteiger partial charge is 0.493 e. The van der Waals surface area contributed by atoms with Crippen molar-refractivity contribution >= 4 is 51.0 Å². The lowest BCUT2D eigenvalue weighted by atomic mass is 10.2. The summed E-state index contributed by atoms with van der Waals surface area (Å²) in [6.07, 6.45) is 2.65. The molecule has 0 N–H and O–H groups in total. The van der Waals surface area contributed by atoms with Crippen LogP contribution in [0.3, 0.4) is 0 Å². The van der Waals surface area contributed by atoms with E-state index < -0.39 is 0 Å². The molecule has 128 valence electrons. The molecular weight excluding hydrogens is 413 g/mol. The first-order valence-electron chi connectivity index (χ1n) is 7.48. The summed E-state index contributed by atoms with van der Waals surface area (Å²) in [7, 11) is 1.59. The molecule has 0 aliphatic carbocycles. The Kier molecular flexibility index (Phi) is 6.96. The van der Waals surface area contributed by atoms with Crippen molar-refractivity contribution in [2.24, 2.45) is 4.99 Å². The molecule has 0 aromatic heterocycles. The van der Waals surface area contributed by atoms with Gasteiger partial charge in [-0.25, -0.2) is 0 Å². The number of halogens is 3. The van der Waals surface area contributed by atoms with Crippen LogP contribution < -0.4 is 9.47 Å². The molecule has 0 saturated heterocycles. The third-order valence-corrected chi connectivity index (χ3v) is 4.92. The number of ether oxygens (including phenoxy) is 2. The van der Waals surface area contributed by atoms with Gasteiger partial charge in [0.1, 0.15) is 0 Å². The third-order valence-electron chi connectivity index (χ3n) is 3.41. The highest BCUT2D eigenvalue weighted by Gasteiger charge is 2.14. The molecule has 24 heavy (non-hydrogen) atoms. The van der Waals surface area contributed by atoms with E-state index in [1.54, 1.807) is 25.5 Å². The van der Waals surface area contributed by atoms with Crippen LogP contribution in [0.15, 0.2) is 39.8 Å². The highest BCUT2D eigenvalue weighted by Crippen LogP contribution is 2.37. The molecule has 2 rings (SSSR count). The summed E-state index contributed by atoms with van der Waals surface area (Å²) < 4.78 is 12.1. The zero-order valence-electron chi connectivity index (χ0n) is 13.6. The van der Waals surface area contributed by atoms with Gasteiger partial charge in [-0.1, -0.05) is 30.1 Å². The molecule has 0 saturated carbocycles. The van der Waals surface area contributed by atoms with Gasteiger partial charge in [-0.2, -0.15) is 0 Å². The van der Waals surface area contributed by atoms with Crippen molar-refractivity contribution < 1.29 is 9.47 Å². The first-order valence-corrected chi connectivity index (χ1v) is 9.02. The minimum absolute atomic E-state index is 0.0563. The highest BCUT2D eigenvalue weighted by atomic mass is 79.9. The molecule has 0 aliphatic rings. The van der Waals surface area contributed by atoms with Crippen LogP contribution in [0.25, 0.3) is 0 Å². The van der Waals surface area contributed by atoms with Gasteiger partial charge in [-0.05, 0) is 65.2 Å². The Labute approximate surface area is 160 Å². The van der Waals surface area contributed by atoms with Gasteiger partial charge in [0.2, 0.25) is 0 Å². The Hall–Kier alpha value is -1.23. The number of hydrogen-bond acceptors (Lipinski definition) is 3. The average molecular weight is 431 g/mol. The maximum absolute atomic E-state index is 6.35. The molecule has 0 unspecified atom stereocenters. The molecule has 0 radical (unpaired) electrons. The van der Waals surface area contributed by atoms with Crippen LogP contribution in [0.2, 0.25) is 10.0 Å². The molecule has 0 fully saturated rings. The van der Waals surface area contributed by atoms with E-state index in [0.29, 0.717) is 21.5 Å². The number of nitrogens with zero attached hydrogens (tertiary/aromatic N) is 1. The van der Waals surface area contributed by atoms with E-state index in [2.05, 4.69) is 27.8 Å². The summed E-state index contributed by atoms with van der Waals surface area (Å²) in [5.74, 6) is 1.13. The van der Waals surface area contributed by atoms with E-state index in [9.17, 15) is 0 Å². The predicted molar refractivity (Wildman–Crippen MR) is 105 cm³/mol. The topological polar surface area (TPSA) is 30.8 Å². The van der Waals surface area contributed by atoms with Gasteiger partial charge in [0.05, 0.1) is 28.9 Å². The maximum Gasteiger partial charge on any atom is 0.180 e. The Morgan fingerprint density at radius 2 is 1.96 bits per heavy atom. The van der Waals surface area contributed by atoms with Crippen molar-refractivity contribution in [2.75, 3.05) is 7.11 Å². The van der Waals surface area contributed by atoms with E-state index in [1.807, 2.05) is 25.1 Å². The molecule has 2 aromatic rings. The lowest BCUT2D eigenvalue weighted by molar-refractivity contribution is 0.208. The van der Waals surface area contributed by atoms with Gasteiger partial charge in [-0.15, -0.1) is 0 Å². The van der Waals surface area contributed by atoms with Gasteiger partial charge in [0, 0.05) is 10.7 Å². The van der Waals surface area contributed by atoms with Crippen molar-refractivity contribution in [2.45, 2.75) is 26.4 Å². The van der Waals surface area contributed by atoms with Gasteiger partial charge >= 0.3 is 0 Å². The second-order valence-electron chi connectivity index (χ2n) is 5.23. The zero-order chi connectivity index (χ0) is 17.7. The van der Waals surface area contributed by atoms with Gasteiger partial charge in [0.15, 0.2) is 11.5 Å². The van der Waals surface area contributed by atoms with Crippen molar-refractivity contribution in [3.63, 3.8) is 0 Å². The third kappa shape index (κ3) is 4.88. The summed E-state index contributed by atoms with van der Waals surface area (Å²) in [6, 6.07) is 9.14. The van der Waals surface area contributed by atoms with Crippen molar-refractivity contribution in [3.05, 3.63) is 50.4 Å². The van der Waals surface area contributed by atoms with Crippen LogP contribution >= 0.6 is 39.1 Å². The minimum atomic E-state index is 0.0563. The van der Waals surface area contributed by atoms with E-state index in [1.165, 1.54) is 0 Å². The smallest absolute Gasteiger partial charge is 0.180 e. The second kappa shape index (κ2) is 8.75. The Morgan fingerprint density at radius 1 is 1.21 bits per heavy atom.